The number of hydrogen-bond acceptors (Lipinski definition) is 7. The number of primary amides is 1. The van der Waals surface area contributed by atoms with Crippen molar-refractivity contribution in [3.05, 3.63) is 46.6 Å². The first-order chi connectivity index (χ1) is 11.7. The van der Waals surface area contributed by atoms with Crippen LogP contribution in [0.3, 0.4) is 0 Å². The molecular weight excluding hydrogens is 338 g/mol. The molecule has 3 rings (SSSR count). The molecule has 0 radical (unpaired) electrons. The highest BCUT2D eigenvalue weighted by atomic mass is 19.1. The fraction of sp³-hybridized carbons (Fsp3) is 0.200. The van der Waals surface area contributed by atoms with E-state index in [4.69, 9.17) is 14.2 Å². The third-order valence-electron chi connectivity index (χ3n) is 3.09. The van der Waals surface area contributed by atoms with Gasteiger partial charge in [0.1, 0.15) is 22.7 Å². The van der Waals surface area contributed by atoms with Crippen LogP contribution in [-0.4, -0.2) is 26.3 Å². The first kappa shape index (κ1) is 18.0. The third kappa shape index (κ3) is 3.79. The van der Waals surface area contributed by atoms with Crippen molar-refractivity contribution in [1.29, 1.82) is 0 Å². The Hall–Kier alpha value is -3.30. The summed E-state index contributed by atoms with van der Waals surface area (Å²) in [5.41, 5.74) is 5.29. The van der Waals surface area contributed by atoms with Gasteiger partial charge in [-0.15, -0.1) is 0 Å². The molecule has 0 saturated carbocycles. The van der Waals surface area contributed by atoms with Crippen LogP contribution in [0, 0.1) is 32.4 Å². The average molecular weight is 352 g/mol. The molecule has 1 amide bonds. The minimum atomic E-state index is -1.33. The van der Waals surface area contributed by atoms with Crippen molar-refractivity contribution < 1.29 is 27.7 Å². The van der Waals surface area contributed by atoms with E-state index >= 15 is 0 Å². The van der Waals surface area contributed by atoms with E-state index in [2.05, 4.69) is 21.0 Å². The summed E-state index contributed by atoms with van der Waals surface area (Å²) < 4.78 is 35.3. The molecule has 3 aromatic rings. The minimum absolute atomic E-state index is 0.466. The number of halogens is 2. The van der Waals surface area contributed by atoms with Gasteiger partial charge in [-0.25, -0.2) is 8.78 Å². The van der Waals surface area contributed by atoms with Crippen molar-refractivity contribution in [2.75, 3.05) is 0 Å². The first-order valence-electron chi connectivity index (χ1n) is 6.92. The average Bonchev–Trinajstić information content (AvgIpc) is 3.09. The van der Waals surface area contributed by atoms with Crippen LogP contribution in [0.1, 0.15) is 27.6 Å². The summed E-state index contributed by atoms with van der Waals surface area (Å²) in [5.74, 6) is -2.70. The summed E-state index contributed by atoms with van der Waals surface area (Å²) in [6, 6.07) is 1.57. The highest BCUT2D eigenvalue weighted by molar-refractivity contribution is 5.93. The summed E-state index contributed by atoms with van der Waals surface area (Å²) in [6.45, 7) is 5.42. The predicted octanol–water partition coefficient (Wildman–Crippen LogP) is 2.42. The first-order valence-corrected chi connectivity index (χ1v) is 6.92. The van der Waals surface area contributed by atoms with Crippen LogP contribution in [0.2, 0.25) is 0 Å². The van der Waals surface area contributed by atoms with Gasteiger partial charge in [-0.1, -0.05) is 10.3 Å². The lowest BCUT2D eigenvalue weighted by atomic mass is 10.2. The Balaban J connectivity index is 0.000000181. The SMILES string of the molecule is Cc1noc(-c2c(C)noc2C)n1.NC(=O)c1c(F)ccc(O)c1F. The summed E-state index contributed by atoms with van der Waals surface area (Å²) in [6.07, 6.45) is 0. The third-order valence-corrected chi connectivity index (χ3v) is 3.09. The number of benzene rings is 1. The molecule has 10 heteroatoms. The maximum atomic E-state index is 12.7. The van der Waals surface area contributed by atoms with Crippen molar-refractivity contribution in [2.45, 2.75) is 20.8 Å². The Morgan fingerprint density at radius 2 is 1.84 bits per heavy atom. The molecule has 1 aromatic carbocycles. The van der Waals surface area contributed by atoms with Gasteiger partial charge in [0.2, 0.25) is 0 Å². The van der Waals surface area contributed by atoms with Crippen molar-refractivity contribution in [1.82, 2.24) is 15.3 Å². The molecule has 2 aromatic heterocycles. The summed E-state index contributed by atoms with van der Waals surface area (Å²) >= 11 is 0. The number of phenols is 1. The fourth-order valence-corrected chi connectivity index (χ4v) is 1.95. The molecule has 2 heterocycles. The normalized spacial score (nSPS) is 10.3. The zero-order chi connectivity index (χ0) is 18.7. The maximum Gasteiger partial charge on any atom is 0.263 e. The molecule has 0 spiro atoms. The second-order valence-corrected chi connectivity index (χ2v) is 4.97. The Kier molecular flexibility index (Phi) is 5.11. The number of nitrogens with two attached hydrogens (primary N) is 1. The van der Waals surface area contributed by atoms with Crippen LogP contribution in [0.25, 0.3) is 11.5 Å². The zero-order valence-corrected chi connectivity index (χ0v) is 13.5. The molecule has 8 nitrogen and oxygen atoms in total. The van der Waals surface area contributed by atoms with Gasteiger partial charge in [0.15, 0.2) is 17.4 Å². The van der Waals surface area contributed by atoms with E-state index in [1.165, 1.54) is 0 Å². The van der Waals surface area contributed by atoms with Crippen LogP contribution in [0.5, 0.6) is 5.75 Å². The highest BCUT2D eigenvalue weighted by Gasteiger charge is 2.18. The van der Waals surface area contributed by atoms with Gasteiger partial charge in [0.05, 0.1) is 5.69 Å². The lowest BCUT2D eigenvalue weighted by molar-refractivity contribution is 0.0991. The van der Waals surface area contributed by atoms with Crippen LogP contribution in [0.15, 0.2) is 21.2 Å². The monoisotopic (exact) mass is 352 g/mol. The number of nitrogens with zero attached hydrogens (tertiary/aromatic N) is 3. The number of aromatic hydroxyl groups is 1. The highest BCUT2D eigenvalue weighted by Crippen LogP contribution is 2.24. The van der Waals surface area contributed by atoms with Crippen molar-refractivity contribution in [2.24, 2.45) is 5.73 Å². The minimum Gasteiger partial charge on any atom is -0.505 e. The zero-order valence-electron chi connectivity index (χ0n) is 13.5. The van der Waals surface area contributed by atoms with Crippen molar-refractivity contribution in [3.63, 3.8) is 0 Å². The van der Waals surface area contributed by atoms with Crippen LogP contribution >= 0.6 is 0 Å². The van der Waals surface area contributed by atoms with Gasteiger partial charge in [0.25, 0.3) is 11.8 Å². The topological polar surface area (TPSA) is 128 Å². The molecule has 0 aliphatic rings. The van der Waals surface area contributed by atoms with Gasteiger partial charge in [-0.05, 0) is 32.9 Å². The Morgan fingerprint density at radius 3 is 2.28 bits per heavy atom. The van der Waals surface area contributed by atoms with Gasteiger partial charge >= 0.3 is 0 Å². The number of carbonyl (C=O) groups is 1. The quantitative estimate of drug-likeness (QED) is 0.724. The Bertz CT molecular complexity index is 901. The number of aryl methyl sites for hydroxylation is 3. The van der Waals surface area contributed by atoms with Crippen LogP contribution < -0.4 is 5.73 Å². The van der Waals surface area contributed by atoms with Crippen LogP contribution in [0.4, 0.5) is 8.78 Å². The molecule has 0 aliphatic carbocycles. The molecule has 0 saturated heterocycles. The lowest BCUT2D eigenvalue weighted by Gasteiger charge is -2.00. The largest absolute Gasteiger partial charge is 0.505 e. The number of phenolic OH excluding ortho intramolecular Hbond substituents is 1. The van der Waals surface area contributed by atoms with Gasteiger partial charge in [-0.2, -0.15) is 4.98 Å². The van der Waals surface area contributed by atoms with E-state index in [0.29, 0.717) is 17.5 Å². The van der Waals surface area contributed by atoms with E-state index in [9.17, 15) is 13.6 Å². The smallest absolute Gasteiger partial charge is 0.263 e. The van der Waals surface area contributed by atoms with Crippen LogP contribution in [-0.2, 0) is 0 Å². The second kappa shape index (κ2) is 7.07. The van der Waals surface area contributed by atoms with E-state index in [-0.39, 0.29) is 0 Å². The second-order valence-electron chi connectivity index (χ2n) is 4.97. The van der Waals surface area contributed by atoms with Gasteiger partial charge in [-0.3, -0.25) is 4.79 Å². The number of rotatable bonds is 2. The van der Waals surface area contributed by atoms with E-state index in [1.54, 1.807) is 6.92 Å². The number of carbonyl (C=O) groups excluding carboxylic acids is 1. The fourth-order valence-electron chi connectivity index (χ4n) is 1.95. The predicted molar refractivity (Wildman–Crippen MR) is 80.5 cm³/mol. The summed E-state index contributed by atoms with van der Waals surface area (Å²) in [5, 5.41) is 16.2. The molecule has 0 aliphatic heterocycles. The molecule has 0 fully saturated rings. The number of amides is 1. The molecule has 0 unspecified atom stereocenters. The maximum absolute atomic E-state index is 12.7. The number of aromatic nitrogens is 3. The van der Waals surface area contributed by atoms with Gasteiger partial charge in [0, 0.05) is 0 Å². The standard InChI is InChI=1S/C8H9N3O2.C7H5F2NO2/c1-4-7(5(2)12-10-4)8-9-6(3)11-13-8;8-3-1-2-4(11)6(9)5(3)7(10)12/h1-3H3;1-2,11H,(H2,10,12). The molecule has 0 bridgehead atoms. The molecular formula is C15H14F2N4O4. The van der Waals surface area contributed by atoms with E-state index in [0.717, 1.165) is 23.4 Å². The lowest BCUT2D eigenvalue weighted by Crippen LogP contribution is -2.15. The molecule has 25 heavy (non-hydrogen) atoms. The van der Waals surface area contributed by atoms with Crippen molar-refractivity contribution >= 4 is 5.91 Å². The Morgan fingerprint density at radius 1 is 1.16 bits per heavy atom. The van der Waals surface area contributed by atoms with E-state index in [1.807, 2.05) is 13.8 Å². The van der Waals surface area contributed by atoms with E-state index < -0.39 is 28.9 Å². The molecule has 3 N–H and O–H groups in total. The van der Waals surface area contributed by atoms with Gasteiger partial charge < -0.3 is 19.9 Å². The Labute approximate surface area is 140 Å². The summed E-state index contributed by atoms with van der Waals surface area (Å²) in [4.78, 5) is 14.5. The molecule has 0 atom stereocenters. The summed E-state index contributed by atoms with van der Waals surface area (Å²) in [7, 11) is 0. The molecule has 132 valence electrons. The number of hydrogen-bond donors (Lipinski definition) is 2. The van der Waals surface area contributed by atoms with Crippen molar-refractivity contribution in [3.8, 4) is 17.2 Å².